The number of carbonyl (C=O) groups excluding carboxylic acids is 2. The van der Waals surface area contributed by atoms with Crippen molar-refractivity contribution >= 4 is 12.1 Å². The van der Waals surface area contributed by atoms with Gasteiger partial charge in [-0.3, -0.25) is 4.90 Å². The van der Waals surface area contributed by atoms with Crippen LogP contribution < -0.4 is 10.1 Å². The number of nitrogens with one attached hydrogen (secondary N) is 1. The van der Waals surface area contributed by atoms with Crippen molar-refractivity contribution in [1.29, 1.82) is 0 Å². The summed E-state index contributed by atoms with van der Waals surface area (Å²) in [6.07, 6.45) is 0.578. The first-order valence-electron chi connectivity index (χ1n) is 6.23. The van der Waals surface area contributed by atoms with Crippen LogP contribution in [0.2, 0.25) is 0 Å². The second-order valence-electron chi connectivity index (χ2n) is 4.39. The van der Waals surface area contributed by atoms with E-state index in [0.29, 0.717) is 12.3 Å². The van der Waals surface area contributed by atoms with Crippen molar-refractivity contribution in [3.8, 4) is 5.75 Å². The maximum atomic E-state index is 12.1. The van der Waals surface area contributed by atoms with Gasteiger partial charge in [-0.15, -0.1) is 6.58 Å². The van der Waals surface area contributed by atoms with Crippen LogP contribution in [0.1, 0.15) is 11.7 Å². The summed E-state index contributed by atoms with van der Waals surface area (Å²) in [7, 11) is 3.18. The van der Waals surface area contributed by atoms with E-state index in [2.05, 4.69) is 11.9 Å². The number of para-hydroxylation sites is 1. The fraction of sp³-hybridized carbons (Fsp3) is 0.286. The Morgan fingerprint density at radius 2 is 2.25 bits per heavy atom. The standard InChI is InChI=1S/C14H17N3O3/c1-4-9-17-12(16(3)13(18)15-2)10-7-5-6-8-11(10)20-14(17)19/h4-8,12H,1,9H2,2-3H3,(H,15,18). The maximum Gasteiger partial charge on any atom is 0.417 e. The highest BCUT2D eigenvalue weighted by molar-refractivity contribution is 5.78. The molecule has 106 valence electrons. The van der Waals surface area contributed by atoms with Gasteiger partial charge in [-0.25, -0.2) is 9.59 Å². The second-order valence-corrected chi connectivity index (χ2v) is 4.39. The van der Waals surface area contributed by atoms with Crippen LogP contribution in [0.4, 0.5) is 9.59 Å². The van der Waals surface area contributed by atoms with Gasteiger partial charge in [-0.1, -0.05) is 24.3 Å². The lowest BCUT2D eigenvalue weighted by Crippen LogP contribution is -2.51. The molecule has 0 saturated carbocycles. The van der Waals surface area contributed by atoms with Crippen LogP contribution in [0, 0.1) is 0 Å². The molecule has 1 atom stereocenters. The molecule has 1 heterocycles. The number of benzene rings is 1. The molecule has 0 radical (unpaired) electrons. The van der Waals surface area contributed by atoms with Crippen molar-refractivity contribution in [2.45, 2.75) is 6.17 Å². The van der Waals surface area contributed by atoms with Crippen molar-refractivity contribution in [2.75, 3.05) is 20.6 Å². The minimum Gasteiger partial charge on any atom is -0.410 e. The van der Waals surface area contributed by atoms with E-state index >= 15 is 0 Å². The Morgan fingerprint density at radius 1 is 1.55 bits per heavy atom. The highest BCUT2D eigenvalue weighted by Crippen LogP contribution is 2.36. The van der Waals surface area contributed by atoms with Gasteiger partial charge in [0.1, 0.15) is 11.9 Å². The van der Waals surface area contributed by atoms with Gasteiger partial charge in [0.25, 0.3) is 0 Å². The molecular formula is C14H17N3O3. The SMILES string of the molecule is C=CCN1C(=O)Oc2ccccc2C1N(C)C(=O)NC. The van der Waals surface area contributed by atoms with Crippen LogP contribution in [0.25, 0.3) is 0 Å². The Bertz CT molecular complexity index is 544. The summed E-state index contributed by atoms with van der Waals surface area (Å²) in [6, 6.07) is 6.89. The van der Waals surface area contributed by atoms with Crippen molar-refractivity contribution in [3.05, 3.63) is 42.5 Å². The highest BCUT2D eigenvalue weighted by atomic mass is 16.6. The number of fused-ring (bicyclic) bond motifs is 1. The minimum absolute atomic E-state index is 0.284. The number of hydrogen-bond acceptors (Lipinski definition) is 3. The molecular weight excluding hydrogens is 258 g/mol. The van der Waals surface area contributed by atoms with Gasteiger partial charge in [0.05, 0.1) is 0 Å². The predicted octanol–water partition coefficient (Wildman–Crippen LogP) is 1.96. The molecule has 0 aliphatic carbocycles. The van der Waals surface area contributed by atoms with Crippen LogP contribution in [0.15, 0.2) is 36.9 Å². The van der Waals surface area contributed by atoms with Crippen molar-refractivity contribution < 1.29 is 14.3 Å². The molecule has 0 spiro atoms. The largest absolute Gasteiger partial charge is 0.417 e. The number of urea groups is 1. The fourth-order valence-electron chi connectivity index (χ4n) is 2.23. The number of nitrogens with zero attached hydrogens (tertiary/aromatic N) is 2. The van der Waals surface area contributed by atoms with Crippen LogP contribution in [-0.2, 0) is 0 Å². The Balaban J connectivity index is 2.47. The van der Waals surface area contributed by atoms with E-state index in [-0.39, 0.29) is 6.03 Å². The smallest absolute Gasteiger partial charge is 0.410 e. The molecule has 1 aromatic carbocycles. The normalized spacial score (nSPS) is 17.0. The van der Waals surface area contributed by atoms with E-state index in [0.717, 1.165) is 5.56 Å². The van der Waals surface area contributed by atoms with Crippen LogP contribution in [-0.4, -0.2) is 42.6 Å². The van der Waals surface area contributed by atoms with Gasteiger partial charge in [0.2, 0.25) is 0 Å². The van der Waals surface area contributed by atoms with E-state index in [1.54, 1.807) is 32.3 Å². The quantitative estimate of drug-likeness (QED) is 0.858. The van der Waals surface area contributed by atoms with Crippen LogP contribution >= 0.6 is 0 Å². The lowest BCUT2D eigenvalue weighted by atomic mass is 10.1. The molecule has 6 heteroatoms. The number of carbonyl (C=O) groups is 2. The molecule has 1 aromatic rings. The molecule has 3 amide bonds. The first-order chi connectivity index (χ1) is 9.60. The Morgan fingerprint density at radius 3 is 2.90 bits per heavy atom. The molecule has 1 aliphatic rings. The summed E-state index contributed by atoms with van der Waals surface area (Å²) in [6.45, 7) is 3.93. The Labute approximate surface area is 117 Å². The van der Waals surface area contributed by atoms with Crippen LogP contribution in [0.5, 0.6) is 5.75 Å². The van der Waals surface area contributed by atoms with E-state index in [1.165, 1.54) is 9.80 Å². The van der Waals surface area contributed by atoms with Gasteiger partial charge >= 0.3 is 12.1 Å². The number of ether oxygens (including phenoxy) is 1. The van der Waals surface area contributed by atoms with Gasteiger partial charge < -0.3 is 15.0 Å². The molecule has 0 fully saturated rings. The summed E-state index contributed by atoms with van der Waals surface area (Å²) in [5.41, 5.74) is 0.764. The van der Waals surface area contributed by atoms with Gasteiger partial charge in [-0.2, -0.15) is 0 Å². The summed E-state index contributed by atoms with van der Waals surface area (Å²) in [5, 5.41) is 2.55. The van der Waals surface area contributed by atoms with Crippen molar-refractivity contribution in [2.24, 2.45) is 0 Å². The monoisotopic (exact) mass is 275 g/mol. The van der Waals surface area contributed by atoms with E-state index in [4.69, 9.17) is 4.74 Å². The summed E-state index contributed by atoms with van der Waals surface area (Å²) >= 11 is 0. The first-order valence-corrected chi connectivity index (χ1v) is 6.23. The Hall–Kier alpha value is -2.50. The highest BCUT2D eigenvalue weighted by Gasteiger charge is 2.37. The molecule has 20 heavy (non-hydrogen) atoms. The number of hydrogen-bond donors (Lipinski definition) is 1. The van der Waals surface area contributed by atoms with Crippen molar-refractivity contribution in [1.82, 2.24) is 15.1 Å². The zero-order valence-corrected chi connectivity index (χ0v) is 11.5. The lowest BCUT2D eigenvalue weighted by Gasteiger charge is -2.40. The molecule has 0 saturated heterocycles. The predicted molar refractivity (Wildman–Crippen MR) is 74.3 cm³/mol. The average molecular weight is 275 g/mol. The fourth-order valence-corrected chi connectivity index (χ4v) is 2.23. The zero-order chi connectivity index (χ0) is 14.7. The van der Waals surface area contributed by atoms with E-state index < -0.39 is 12.3 Å². The molecule has 1 unspecified atom stereocenters. The summed E-state index contributed by atoms with van der Waals surface area (Å²) < 4.78 is 5.27. The van der Waals surface area contributed by atoms with Gasteiger partial charge in [-0.05, 0) is 6.07 Å². The second kappa shape index (κ2) is 5.64. The average Bonchev–Trinajstić information content (AvgIpc) is 2.46. The third-order valence-electron chi connectivity index (χ3n) is 3.15. The molecule has 1 aliphatic heterocycles. The van der Waals surface area contributed by atoms with E-state index in [9.17, 15) is 9.59 Å². The molecule has 2 rings (SSSR count). The third kappa shape index (κ3) is 2.32. The van der Waals surface area contributed by atoms with Crippen molar-refractivity contribution in [3.63, 3.8) is 0 Å². The summed E-state index contributed by atoms with van der Waals surface area (Å²) in [4.78, 5) is 26.9. The molecule has 0 aromatic heterocycles. The minimum atomic E-state index is -0.523. The number of amides is 3. The molecule has 1 N–H and O–H groups in total. The van der Waals surface area contributed by atoms with Crippen LogP contribution in [0.3, 0.4) is 0 Å². The summed E-state index contributed by atoms with van der Waals surface area (Å²) in [5.74, 6) is 0.471. The lowest BCUT2D eigenvalue weighted by molar-refractivity contribution is 0.0680. The Kier molecular flexibility index (Phi) is 3.93. The first kappa shape index (κ1) is 13.9. The molecule has 6 nitrogen and oxygen atoms in total. The van der Waals surface area contributed by atoms with Gasteiger partial charge in [0, 0.05) is 26.2 Å². The molecule has 0 bridgehead atoms. The van der Waals surface area contributed by atoms with E-state index in [1.807, 2.05) is 12.1 Å². The topological polar surface area (TPSA) is 61.9 Å². The third-order valence-corrected chi connectivity index (χ3v) is 3.15. The number of rotatable bonds is 3. The zero-order valence-electron chi connectivity index (χ0n) is 11.5. The maximum absolute atomic E-state index is 12.1. The van der Waals surface area contributed by atoms with Gasteiger partial charge in [0.15, 0.2) is 0 Å².